The van der Waals surface area contributed by atoms with Crippen molar-refractivity contribution >= 4 is 21.7 Å². The third-order valence-corrected chi connectivity index (χ3v) is 6.07. The summed E-state index contributed by atoms with van der Waals surface area (Å²) in [6.45, 7) is 0. The highest BCUT2D eigenvalue weighted by Crippen LogP contribution is 2.32. The second-order valence-electron chi connectivity index (χ2n) is 7.26. The van der Waals surface area contributed by atoms with Gasteiger partial charge in [0.1, 0.15) is 10.6 Å². The number of urea groups is 1. The van der Waals surface area contributed by atoms with Gasteiger partial charge in [-0.15, -0.1) is 0 Å². The predicted octanol–water partition coefficient (Wildman–Crippen LogP) is 3.14. The molecular weight excluding hydrogens is 458 g/mol. The first-order valence-corrected chi connectivity index (χ1v) is 11.5. The second kappa shape index (κ2) is 8.98. The highest BCUT2D eigenvalue weighted by molar-refractivity contribution is 7.89. The number of amides is 2. The fourth-order valence-corrected chi connectivity index (χ4v) is 4.16. The first-order valence-electron chi connectivity index (χ1n) is 9.94. The van der Waals surface area contributed by atoms with Crippen LogP contribution in [0.15, 0.2) is 83.8 Å². The Balaban J connectivity index is 1.89. The summed E-state index contributed by atoms with van der Waals surface area (Å²) in [4.78, 5) is 11.1. The Morgan fingerprint density at radius 1 is 1.00 bits per heavy atom. The van der Waals surface area contributed by atoms with Crippen molar-refractivity contribution in [3.63, 3.8) is 0 Å². The van der Waals surface area contributed by atoms with Crippen molar-refractivity contribution in [2.45, 2.75) is 4.90 Å². The number of hydrogen-bond acceptors (Lipinski definition) is 6. The molecule has 1 heterocycles. The van der Waals surface area contributed by atoms with E-state index in [1.807, 2.05) is 12.1 Å². The van der Waals surface area contributed by atoms with Gasteiger partial charge < -0.3 is 10.5 Å². The Morgan fingerprint density at radius 3 is 2.21 bits per heavy atom. The average molecular weight is 480 g/mol. The maximum atomic E-state index is 12.2. The fourth-order valence-electron chi connectivity index (χ4n) is 3.45. The topological polar surface area (TPSA) is 154 Å². The minimum Gasteiger partial charge on any atom is -0.497 e. The summed E-state index contributed by atoms with van der Waals surface area (Å²) in [5.41, 5.74) is 8.11. The number of hydrogen-bond donors (Lipinski definition) is 3. The molecule has 11 heteroatoms. The van der Waals surface area contributed by atoms with E-state index in [0.29, 0.717) is 27.8 Å². The van der Waals surface area contributed by atoms with Gasteiger partial charge in [0.05, 0.1) is 29.9 Å². The number of sulfonamides is 1. The number of hydroxylamine groups is 1. The molecule has 5 N–H and O–H groups in total. The van der Waals surface area contributed by atoms with Crippen LogP contribution in [-0.4, -0.2) is 36.5 Å². The summed E-state index contributed by atoms with van der Waals surface area (Å²) in [7, 11) is -2.46. The number of nitrogens with two attached hydrogens (primary N) is 2. The zero-order valence-electron chi connectivity index (χ0n) is 18.0. The number of carbonyl (C=O) groups excluding carboxylic acids is 1. The minimum absolute atomic E-state index is 0.0767. The normalized spacial score (nSPS) is 11.3. The highest BCUT2D eigenvalue weighted by atomic mass is 32.2. The summed E-state index contributed by atoms with van der Waals surface area (Å²) in [6, 6.07) is 20.6. The lowest BCUT2D eigenvalue weighted by Crippen LogP contribution is -2.32. The maximum Gasteiger partial charge on any atom is 0.343 e. The molecule has 10 nitrogen and oxygen atoms in total. The van der Waals surface area contributed by atoms with E-state index in [-0.39, 0.29) is 16.3 Å². The van der Waals surface area contributed by atoms with Crippen molar-refractivity contribution in [3.8, 4) is 34.0 Å². The van der Waals surface area contributed by atoms with Crippen molar-refractivity contribution in [3.05, 3.63) is 78.9 Å². The summed E-state index contributed by atoms with van der Waals surface area (Å²) in [5, 5.41) is 20.1. The lowest BCUT2D eigenvalue weighted by molar-refractivity contribution is 0.212. The summed E-state index contributed by atoms with van der Waals surface area (Å²) in [6.07, 6.45) is 0. The first-order chi connectivity index (χ1) is 16.2. The molecule has 0 bridgehead atoms. The largest absolute Gasteiger partial charge is 0.497 e. The standard InChI is InChI=1S/C23H21N5O5S/c1-33-18-12-8-16(9-13-18)21-14-19(15-6-10-17(11-7-15)28(30)23(24)29)26-27(21)20-4-2-3-5-22(20)34(25,31)32/h2-14,30H,1H3,(H2,24,29)(H2,25,31,32). The molecule has 0 fully saturated rings. The van der Waals surface area contributed by atoms with E-state index in [9.17, 15) is 18.4 Å². The number of anilines is 1. The van der Waals surface area contributed by atoms with Crippen LogP contribution in [0.2, 0.25) is 0 Å². The second-order valence-corrected chi connectivity index (χ2v) is 8.79. The van der Waals surface area contributed by atoms with Crippen LogP contribution in [0.4, 0.5) is 10.5 Å². The molecule has 0 saturated heterocycles. The van der Waals surface area contributed by atoms with Crippen LogP contribution in [0.25, 0.3) is 28.2 Å². The average Bonchev–Trinajstić information content (AvgIpc) is 3.28. The number of aromatic nitrogens is 2. The monoisotopic (exact) mass is 479 g/mol. The van der Waals surface area contributed by atoms with Crippen molar-refractivity contribution < 1.29 is 23.2 Å². The molecule has 0 radical (unpaired) electrons. The third kappa shape index (κ3) is 4.48. The van der Waals surface area contributed by atoms with Gasteiger partial charge in [0.15, 0.2) is 0 Å². The molecule has 0 saturated carbocycles. The number of benzene rings is 3. The molecule has 4 rings (SSSR count). The molecule has 0 atom stereocenters. The third-order valence-electron chi connectivity index (χ3n) is 5.11. The maximum absolute atomic E-state index is 12.2. The highest BCUT2D eigenvalue weighted by Gasteiger charge is 2.20. The van der Waals surface area contributed by atoms with E-state index in [0.717, 1.165) is 5.56 Å². The number of primary amides is 1. The van der Waals surface area contributed by atoms with Gasteiger partial charge in [-0.1, -0.05) is 24.3 Å². The Hall–Kier alpha value is -4.19. The van der Waals surface area contributed by atoms with Gasteiger partial charge in [-0.25, -0.2) is 23.0 Å². The van der Waals surface area contributed by atoms with Gasteiger partial charge >= 0.3 is 6.03 Å². The number of nitrogens with zero attached hydrogens (tertiary/aromatic N) is 3. The lowest BCUT2D eigenvalue weighted by Gasteiger charge is -2.12. The summed E-state index contributed by atoms with van der Waals surface area (Å²) in [5.74, 6) is 0.665. The quantitative estimate of drug-likeness (QED) is 0.285. The van der Waals surface area contributed by atoms with E-state index < -0.39 is 16.1 Å². The Bertz CT molecular complexity index is 1450. The Kier molecular flexibility index (Phi) is 6.07. The zero-order valence-corrected chi connectivity index (χ0v) is 18.8. The van der Waals surface area contributed by atoms with Gasteiger partial charge in [0, 0.05) is 11.1 Å². The number of rotatable bonds is 6. The van der Waals surface area contributed by atoms with Crippen LogP contribution in [0.3, 0.4) is 0 Å². The van der Waals surface area contributed by atoms with E-state index in [4.69, 9.17) is 15.6 Å². The van der Waals surface area contributed by atoms with Crippen molar-refractivity contribution in [1.29, 1.82) is 0 Å². The van der Waals surface area contributed by atoms with E-state index >= 15 is 0 Å². The molecular formula is C23H21N5O5S. The van der Waals surface area contributed by atoms with E-state index in [2.05, 4.69) is 5.10 Å². The Morgan fingerprint density at radius 2 is 1.62 bits per heavy atom. The molecule has 0 aliphatic heterocycles. The van der Waals surface area contributed by atoms with Crippen LogP contribution < -0.4 is 20.7 Å². The summed E-state index contributed by atoms with van der Waals surface area (Å²) >= 11 is 0. The van der Waals surface area contributed by atoms with Gasteiger partial charge in [-0.05, 0) is 54.6 Å². The lowest BCUT2D eigenvalue weighted by atomic mass is 10.1. The van der Waals surface area contributed by atoms with Gasteiger partial charge in [0.25, 0.3) is 0 Å². The molecule has 0 unspecified atom stereocenters. The molecule has 0 spiro atoms. The van der Waals surface area contributed by atoms with Crippen molar-refractivity contribution in [2.24, 2.45) is 10.9 Å². The number of methoxy groups -OCH3 is 1. The molecule has 0 aliphatic carbocycles. The molecule has 2 amide bonds. The Labute approximate surface area is 195 Å². The molecule has 3 aromatic carbocycles. The van der Waals surface area contributed by atoms with Crippen LogP contribution in [-0.2, 0) is 10.0 Å². The van der Waals surface area contributed by atoms with Crippen LogP contribution in [0, 0.1) is 0 Å². The zero-order chi connectivity index (χ0) is 24.5. The number of para-hydroxylation sites is 1. The smallest absolute Gasteiger partial charge is 0.343 e. The molecule has 174 valence electrons. The van der Waals surface area contributed by atoms with Gasteiger partial charge in [-0.2, -0.15) is 10.2 Å². The van der Waals surface area contributed by atoms with Crippen molar-refractivity contribution in [2.75, 3.05) is 12.2 Å². The van der Waals surface area contributed by atoms with E-state index in [1.165, 1.54) is 22.9 Å². The molecule has 0 aliphatic rings. The number of ether oxygens (including phenoxy) is 1. The number of carbonyl (C=O) groups is 1. The van der Waals surface area contributed by atoms with Crippen LogP contribution in [0.1, 0.15) is 0 Å². The SMILES string of the molecule is COc1ccc(-c2cc(-c3ccc(N(O)C(N)=O)cc3)nn2-c2ccccc2S(N)(=O)=O)cc1. The molecule has 4 aromatic rings. The van der Waals surface area contributed by atoms with Crippen LogP contribution >= 0.6 is 0 Å². The van der Waals surface area contributed by atoms with Crippen molar-refractivity contribution in [1.82, 2.24) is 9.78 Å². The number of primary sulfonamides is 1. The predicted molar refractivity (Wildman–Crippen MR) is 126 cm³/mol. The fraction of sp³-hybridized carbons (Fsp3) is 0.0435. The summed E-state index contributed by atoms with van der Waals surface area (Å²) < 4.78 is 31.2. The molecule has 1 aromatic heterocycles. The first kappa shape index (κ1) is 23.0. The molecule has 34 heavy (non-hydrogen) atoms. The van der Waals surface area contributed by atoms with Gasteiger partial charge in [0.2, 0.25) is 10.0 Å². The van der Waals surface area contributed by atoms with Crippen LogP contribution in [0.5, 0.6) is 5.75 Å². The van der Waals surface area contributed by atoms with E-state index in [1.54, 1.807) is 55.6 Å². The van der Waals surface area contributed by atoms with Gasteiger partial charge in [-0.3, -0.25) is 5.21 Å². The minimum atomic E-state index is -4.03.